The first-order valence-electron chi connectivity index (χ1n) is 7.41. The molecule has 3 aromatic rings. The monoisotopic (exact) mass is 325 g/mol. The Hall–Kier alpha value is -2.60. The summed E-state index contributed by atoms with van der Waals surface area (Å²) in [7, 11) is 0. The fourth-order valence-corrected chi connectivity index (χ4v) is 3.46. The molecule has 5 nitrogen and oxygen atoms in total. The van der Waals surface area contributed by atoms with Gasteiger partial charge in [-0.25, -0.2) is 0 Å². The van der Waals surface area contributed by atoms with E-state index in [0.717, 1.165) is 29.0 Å². The molecule has 0 saturated heterocycles. The molecule has 4 rings (SSSR count). The fourth-order valence-electron chi connectivity index (χ4n) is 2.81. The van der Waals surface area contributed by atoms with Crippen LogP contribution in [0.1, 0.15) is 28.4 Å². The van der Waals surface area contributed by atoms with Crippen molar-refractivity contribution < 1.29 is 9.53 Å². The number of fused-ring (bicyclic) bond motifs is 1. The first kappa shape index (κ1) is 14.0. The van der Waals surface area contributed by atoms with Gasteiger partial charge in [-0.2, -0.15) is 16.4 Å². The van der Waals surface area contributed by atoms with E-state index in [2.05, 4.69) is 15.5 Å². The van der Waals surface area contributed by atoms with Crippen molar-refractivity contribution in [2.75, 3.05) is 6.61 Å². The Balaban J connectivity index is 1.59. The Bertz CT molecular complexity index is 826. The van der Waals surface area contributed by atoms with Crippen molar-refractivity contribution in [1.82, 2.24) is 15.5 Å². The van der Waals surface area contributed by atoms with Gasteiger partial charge in [-0.3, -0.25) is 9.89 Å². The zero-order chi connectivity index (χ0) is 15.6. The molecule has 1 amide bonds. The molecule has 0 unspecified atom stereocenters. The quantitative estimate of drug-likeness (QED) is 0.775. The minimum Gasteiger partial charge on any atom is -0.493 e. The van der Waals surface area contributed by atoms with Gasteiger partial charge in [0.2, 0.25) is 0 Å². The molecule has 6 heteroatoms. The largest absolute Gasteiger partial charge is 0.493 e. The van der Waals surface area contributed by atoms with Crippen LogP contribution in [0.15, 0.2) is 47.3 Å². The van der Waals surface area contributed by atoms with E-state index in [1.807, 2.05) is 41.1 Å². The maximum absolute atomic E-state index is 12.7. The van der Waals surface area contributed by atoms with Crippen LogP contribution >= 0.6 is 11.3 Å². The van der Waals surface area contributed by atoms with E-state index < -0.39 is 0 Å². The summed E-state index contributed by atoms with van der Waals surface area (Å²) >= 11 is 1.59. The number of hydrogen-bond donors (Lipinski definition) is 2. The van der Waals surface area contributed by atoms with Gasteiger partial charge in [-0.05, 0) is 17.5 Å². The maximum atomic E-state index is 12.7. The Kier molecular flexibility index (Phi) is 3.59. The van der Waals surface area contributed by atoms with Crippen LogP contribution in [0.3, 0.4) is 0 Å². The number of carbonyl (C=O) groups is 1. The zero-order valence-electron chi connectivity index (χ0n) is 12.3. The average Bonchev–Trinajstić information content (AvgIpc) is 3.26. The molecule has 1 aliphatic rings. The maximum Gasteiger partial charge on any atom is 0.255 e. The number of hydrogen-bond acceptors (Lipinski definition) is 4. The highest BCUT2D eigenvalue weighted by atomic mass is 32.1. The van der Waals surface area contributed by atoms with E-state index in [4.69, 9.17) is 4.74 Å². The lowest BCUT2D eigenvalue weighted by atomic mass is 10.00. The minimum absolute atomic E-state index is 0.0438. The molecule has 0 fully saturated rings. The van der Waals surface area contributed by atoms with Crippen LogP contribution in [0.25, 0.3) is 11.3 Å². The molecular weight excluding hydrogens is 310 g/mol. The van der Waals surface area contributed by atoms with E-state index in [0.29, 0.717) is 12.2 Å². The molecule has 3 heterocycles. The van der Waals surface area contributed by atoms with Crippen LogP contribution in [0.4, 0.5) is 0 Å². The van der Waals surface area contributed by atoms with Crippen molar-refractivity contribution in [3.05, 3.63) is 58.4 Å². The van der Waals surface area contributed by atoms with Crippen LogP contribution in [0.2, 0.25) is 0 Å². The van der Waals surface area contributed by atoms with Gasteiger partial charge < -0.3 is 10.1 Å². The lowest BCUT2D eigenvalue weighted by Gasteiger charge is -2.26. The summed E-state index contributed by atoms with van der Waals surface area (Å²) in [6.07, 6.45) is 2.34. The summed E-state index contributed by atoms with van der Waals surface area (Å²) in [4.78, 5) is 12.7. The smallest absolute Gasteiger partial charge is 0.255 e. The van der Waals surface area contributed by atoms with E-state index in [1.54, 1.807) is 17.5 Å². The van der Waals surface area contributed by atoms with Crippen molar-refractivity contribution in [2.45, 2.75) is 12.5 Å². The molecule has 1 aromatic carbocycles. The van der Waals surface area contributed by atoms with Crippen LogP contribution in [-0.4, -0.2) is 22.7 Å². The minimum atomic E-state index is -0.123. The Morgan fingerprint density at radius 2 is 2.26 bits per heavy atom. The summed E-state index contributed by atoms with van der Waals surface area (Å²) < 4.78 is 5.64. The summed E-state index contributed by atoms with van der Waals surface area (Å²) in [6, 6.07) is 9.75. The van der Waals surface area contributed by atoms with Crippen molar-refractivity contribution >= 4 is 17.2 Å². The highest BCUT2D eigenvalue weighted by Gasteiger charge is 2.24. The summed E-state index contributed by atoms with van der Waals surface area (Å²) in [6.45, 7) is 0.602. The fraction of sp³-hybridized carbons (Fsp3) is 0.176. The molecule has 1 atom stereocenters. The lowest BCUT2D eigenvalue weighted by molar-refractivity contribution is 0.0925. The molecule has 2 N–H and O–H groups in total. The SMILES string of the molecule is O=C(N[C@H]1CCOc2ccccc21)c1cn[nH]c1-c1ccsc1. The number of amides is 1. The molecule has 0 radical (unpaired) electrons. The topological polar surface area (TPSA) is 67.0 Å². The molecular formula is C17H15N3O2S. The number of thiophene rings is 1. The predicted octanol–water partition coefficient (Wildman–Crippen LogP) is 3.39. The molecule has 23 heavy (non-hydrogen) atoms. The number of benzene rings is 1. The number of H-pyrrole nitrogens is 1. The number of rotatable bonds is 3. The van der Waals surface area contributed by atoms with E-state index in [-0.39, 0.29) is 11.9 Å². The standard InChI is InChI=1S/C17H15N3O2S/c21-17(13-9-18-20-16(13)11-6-8-23-10-11)19-14-5-7-22-15-4-2-1-3-12(14)15/h1-4,6,8-10,14H,5,7H2,(H,18,20)(H,19,21)/t14-/m0/s1. The number of para-hydroxylation sites is 1. The molecule has 0 saturated carbocycles. The van der Waals surface area contributed by atoms with Crippen molar-refractivity contribution in [3.8, 4) is 17.0 Å². The van der Waals surface area contributed by atoms with Gasteiger partial charge in [0.05, 0.1) is 30.1 Å². The number of aromatic nitrogens is 2. The Morgan fingerprint density at radius 1 is 1.35 bits per heavy atom. The second-order valence-corrected chi connectivity index (χ2v) is 6.15. The van der Waals surface area contributed by atoms with Crippen molar-refractivity contribution in [1.29, 1.82) is 0 Å². The molecule has 116 valence electrons. The van der Waals surface area contributed by atoms with Gasteiger partial charge in [-0.1, -0.05) is 18.2 Å². The number of aromatic amines is 1. The lowest BCUT2D eigenvalue weighted by Crippen LogP contribution is -2.32. The third-order valence-corrected chi connectivity index (χ3v) is 4.64. The second kappa shape index (κ2) is 5.89. The third kappa shape index (κ3) is 2.61. The highest BCUT2D eigenvalue weighted by molar-refractivity contribution is 7.08. The number of nitrogens with one attached hydrogen (secondary N) is 2. The average molecular weight is 325 g/mol. The third-order valence-electron chi connectivity index (χ3n) is 3.96. The van der Waals surface area contributed by atoms with Gasteiger partial charge >= 0.3 is 0 Å². The Labute approximate surface area is 137 Å². The van der Waals surface area contributed by atoms with Crippen molar-refractivity contribution in [2.24, 2.45) is 0 Å². The van der Waals surface area contributed by atoms with Gasteiger partial charge in [0.15, 0.2) is 0 Å². The van der Waals surface area contributed by atoms with Gasteiger partial charge in [-0.15, -0.1) is 0 Å². The summed E-state index contributed by atoms with van der Waals surface area (Å²) in [5.41, 5.74) is 3.31. The number of nitrogens with zero attached hydrogens (tertiary/aromatic N) is 1. The predicted molar refractivity (Wildman–Crippen MR) is 88.7 cm³/mol. The van der Waals surface area contributed by atoms with E-state index in [1.165, 1.54) is 0 Å². The van der Waals surface area contributed by atoms with Crippen molar-refractivity contribution in [3.63, 3.8) is 0 Å². The highest BCUT2D eigenvalue weighted by Crippen LogP contribution is 2.32. The number of carbonyl (C=O) groups excluding carboxylic acids is 1. The molecule has 0 spiro atoms. The van der Waals surface area contributed by atoms with Gasteiger partial charge in [0.1, 0.15) is 5.75 Å². The van der Waals surface area contributed by atoms with Crippen LogP contribution < -0.4 is 10.1 Å². The van der Waals surface area contributed by atoms with E-state index in [9.17, 15) is 4.79 Å². The van der Waals surface area contributed by atoms with Crippen LogP contribution in [-0.2, 0) is 0 Å². The van der Waals surface area contributed by atoms with E-state index >= 15 is 0 Å². The summed E-state index contributed by atoms with van der Waals surface area (Å²) in [5, 5.41) is 14.0. The molecule has 0 bridgehead atoms. The zero-order valence-corrected chi connectivity index (χ0v) is 13.1. The number of ether oxygens (including phenoxy) is 1. The summed E-state index contributed by atoms with van der Waals surface area (Å²) in [5.74, 6) is 0.718. The van der Waals surface area contributed by atoms with Crippen LogP contribution in [0, 0.1) is 0 Å². The Morgan fingerprint density at radius 3 is 3.13 bits per heavy atom. The molecule has 1 aliphatic heterocycles. The molecule has 2 aromatic heterocycles. The van der Waals surface area contributed by atoms with Crippen LogP contribution in [0.5, 0.6) is 5.75 Å². The molecule has 0 aliphatic carbocycles. The van der Waals surface area contributed by atoms with Gasteiger partial charge in [0, 0.05) is 22.9 Å². The second-order valence-electron chi connectivity index (χ2n) is 5.37. The normalized spacial score (nSPS) is 16.4. The van der Waals surface area contributed by atoms with Gasteiger partial charge in [0.25, 0.3) is 5.91 Å². The first-order chi connectivity index (χ1) is 11.3. The first-order valence-corrected chi connectivity index (χ1v) is 8.36.